The van der Waals surface area contributed by atoms with Crippen LogP contribution in [-0.4, -0.2) is 22.3 Å². The first-order valence-electron chi connectivity index (χ1n) is 9.25. The maximum absolute atomic E-state index is 12.9. The van der Waals surface area contributed by atoms with Gasteiger partial charge in [0, 0.05) is 22.0 Å². The maximum Gasteiger partial charge on any atom is 0.254 e. The van der Waals surface area contributed by atoms with Crippen molar-refractivity contribution in [3.05, 3.63) is 92.4 Å². The molecule has 1 amide bonds. The van der Waals surface area contributed by atoms with E-state index < -0.39 is 0 Å². The number of halogens is 1. The Kier molecular flexibility index (Phi) is 7.23. The largest absolute Gasteiger partial charge is 0.486 e. The highest BCUT2D eigenvalue weighted by Gasteiger charge is 2.17. The maximum atomic E-state index is 12.9. The van der Waals surface area contributed by atoms with Crippen LogP contribution in [0.3, 0.4) is 0 Å². The molecule has 150 valence electrons. The highest BCUT2D eigenvalue weighted by Crippen LogP contribution is 2.20. The highest BCUT2D eigenvalue weighted by atomic mass is 79.9. The van der Waals surface area contributed by atoms with Crippen molar-refractivity contribution in [1.82, 2.24) is 9.88 Å². The third-order valence-electron chi connectivity index (χ3n) is 4.50. The molecule has 3 aromatic rings. The second kappa shape index (κ2) is 9.85. The van der Waals surface area contributed by atoms with Crippen molar-refractivity contribution in [1.29, 1.82) is 0 Å². The van der Waals surface area contributed by atoms with Crippen LogP contribution in [0.25, 0.3) is 0 Å². The molecule has 0 N–H and O–H groups in total. The molecule has 29 heavy (non-hydrogen) atoms. The highest BCUT2D eigenvalue weighted by molar-refractivity contribution is 9.10. The minimum absolute atomic E-state index is 0.0490. The van der Waals surface area contributed by atoms with Crippen molar-refractivity contribution >= 4 is 33.2 Å². The molecule has 0 radical (unpaired) electrons. The van der Waals surface area contributed by atoms with Gasteiger partial charge in [-0.1, -0.05) is 34.1 Å². The summed E-state index contributed by atoms with van der Waals surface area (Å²) in [4.78, 5) is 19.2. The van der Waals surface area contributed by atoms with Crippen LogP contribution < -0.4 is 4.74 Å². The van der Waals surface area contributed by atoms with Crippen molar-refractivity contribution < 1.29 is 9.53 Å². The lowest BCUT2D eigenvalue weighted by Crippen LogP contribution is -2.30. The first kappa shape index (κ1) is 21.3. The Bertz CT molecular complexity index is 1020. The van der Waals surface area contributed by atoms with Gasteiger partial charge in [0.25, 0.3) is 5.91 Å². The van der Waals surface area contributed by atoms with E-state index in [1.54, 1.807) is 11.0 Å². The molecule has 0 saturated carbocycles. The SMILES string of the molecule is C=CCN(Cc1csc(COc2ccc(C)c(C)c2)n1)C(=O)c1cccc(Br)c1. The minimum Gasteiger partial charge on any atom is -0.486 e. The molecule has 0 unspecified atom stereocenters. The molecular weight excluding hydrogens is 448 g/mol. The van der Waals surface area contributed by atoms with Gasteiger partial charge in [0.2, 0.25) is 0 Å². The van der Waals surface area contributed by atoms with Crippen LogP contribution in [0.1, 0.15) is 32.2 Å². The summed E-state index contributed by atoms with van der Waals surface area (Å²) in [5.74, 6) is 0.787. The summed E-state index contributed by atoms with van der Waals surface area (Å²) in [5, 5.41) is 2.86. The average molecular weight is 471 g/mol. The van der Waals surface area contributed by atoms with Crippen molar-refractivity contribution in [2.45, 2.75) is 27.0 Å². The van der Waals surface area contributed by atoms with Crippen LogP contribution in [0.2, 0.25) is 0 Å². The Labute approximate surface area is 184 Å². The number of nitrogens with zero attached hydrogens (tertiary/aromatic N) is 2. The van der Waals surface area contributed by atoms with Crippen molar-refractivity contribution in [3.63, 3.8) is 0 Å². The van der Waals surface area contributed by atoms with Crippen LogP contribution in [0.5, 0.6) is 5.75 Å². The van der Waals surface area contributed by atoms with Gasteiger partial charge in [-0.05, 0) is 55.3 Å². The van der Waals surface area contributed by atoms with Crippen LogP contribution >= 0.6 is 27.3 Å². The van der Waals surface area contributed by atoms with E-state index in [4.69, 9.17) is 4.74 Å². The first-order chi connectivity index (χ1) is 14.0. The predicted octanol–water partition coefficient (Wildman–Crippen LogP) is 5.93. The molecule has 0 bridgehead atoms. The zero-order valence-electron chi connectivity index (χ0n) is 16.5. The Morgan fingerprint density at radius 2 is 2.07 bits per heavy atom. The number of hydrogen-bond donors (Lipinski definition) is 0. The van der Waals surface area contributed by atoms with Gasteiger partial charge in [-0.15, -0.1) is 17.9 Å². The lowest BCUT2D eigenvalue weighted by Gasteiger charge is -2.20. The number of aryl methyl sites for hydroxylation is 2. The van der Waals surface area contributed by atoms with E-state index in [1.807, 2.05) is 41.8 Å². The average Bonchev–Trinajstić information content (AvgIpc) is 3.15. The number of benzene rings is 2. The lowest BCUT2D eigenvalue weighted by atomic mass is 10.1. The number of ether oxygens (including phenoxy) is 1. The molecule has 0 saturated heterocycles. The third kappa shape index (κ3) is 5.78. The zero-order chi connectivity index (χ0) is 20.8. The van der Waals surface area contributed by atoms with E-state index in [0.29, 0.717) is 25.3 Å². The van der Waals surface area contributed by atoms with Crippen LogP contribution in [-0.2, 0) is 13.2 Å². The summed E-state index contributed by atoms with van der Waals surface area (Å²) in [6.45, 7) is 9.22. The van der Waals surface area contributed by atoms with Crippen LogP contribution in [0, 0.1) is 13.8 Å². The minimum atomic E-state index is -0.0490. The number of carbonyl (C=O) groups excluding carboxylic acids is 1. The standard InChI is InChI=1S/C23H23BrN2O2S/c1-4-10-26(23(27)18-6-5-7-19(24)12-18)13-20-15-29-22(25-20)14-28-21-9-8-16(2)17(3)11-21/h4-9,11-12,15H,1,10,13-14H2,2-3H3. The molecule has 0 aliphatic carbocycles. The molecule has 0 spiro atoms. The van der Waals surface area contributed by atoms with Gasteiger partial charge in [0.1, 0.15) is 17.4 Å². The fraction of sp³-hybridized carbons (Fsp3) is 0.217. The second-order valence-electron chi connectivity index (χ2n) is 6.75. The summed E-state index contributed by atoms with van der Waals surface area (Å²) in [7, 11) is 0. The molecule has 4 nitrogen and oxygen atoms in total. The summed E-state index contributed by atoms with van der Waals surface area (Å²) in [6.07, 6.45) is 1.73. The molecular formula is C23H23BrN2O2S. The molecule has 0 atom stereocenters. The first-order valence-corrected chi connectivity index (χ1v) is 10.9. The van der Waals surface area contributed by atoms with E-state index in [-0.39, 0.29) is 5.91 Å². The summed E-state index contributed by atoms with van der Waals surface area (Å²) < 4.78 is 6.75. The Balaban J connectivity index is 1.65. The van der Waals surface area contributed by atoms with Gasteiger partial charge in [-0.2, -0.15) is 0 Å². The summed E-state index contributed by atoms with van der Waals surface area (Å²) in [5.41, 5.74) is 3.92. The molecule has 1 heterocycles. The molecule has 0 aliphatic rings. The van der Waals surface area contributed by atoms with Crippen molar-refractivity contribution in [2.75, 3.05) is 6.54 Å². The molecule has 2 aromatic carbocycles. The van der Waals surface area contributed by atoms with Crippen molar-refractivity contribution in [3.8, 4) is 5.75 Å². The molecule has 3 rings (SSSR count). The van der Waals surface area contributed by atoms with Crippen LogP contribution in [0.4, 0.5) is 0 Å². The van der Waals surface area contributed by atoms with E-state index in [1.165, 1.54) is 22.5 Å². The topological polar surface area (TPSA) is 42.4 Å². The summed E-state index contributed by atoms with van der Waals surface area (Å²) in [6, 6.07) is 13.4. The number of hydrogen-bond acceptors (Lipinski definition) is 4. The quantitative estimate of drug-likeness (QED) is 0.383. The number of carbonyl (C=O) groups is 1. The second-order valence-corrected chi connectivity index (χ2v) is 8.61. The molecule has 0 aliphatic heterocycles. The predicted molar refractivity (Wildman–Crippen MR) is 121 cm³/mol. The number of amides is 1. The van der Waals surface area contributed by atoms with Gasteiger partial charge in [-0.3, -0.25) is 4.79 Å². The summed E-state index contributed by atoms with van der Waals surface area (Å²) >= 11 is 4.96. The molecule has 6 heteroatoms. The molecule has 1 aromatic heterocycles. The monoisotopic (exact) mass is 470 g/mol. The van der Waals surface area contributed by atoms with Gasteiger partial charge in [0.15, 0.2) is 0 Å². The smallest absolute Gasteiger partial charge is 0.254 e. The Morgan fingerprint density at radius 3 is 2.79 bits per heavy atom. The normalized spacial score (nSPS) is 10.6. The van der Waals surface area contributed by atoms with E-state index in [0.717, 1.165) is 20.9 Å². The zero-order valence-corrected chi connectivity index (χ0v) is 18.9. The molecule has 0 fully saturated rings. The van der Waals surface area contributed by atoms with Crippen LogP contribution in [0.15, 0.2) is 65.0 Å². The Morgan fingerprint density at radius 1 is 1.24 bits per heavy atom. The van der Waals surface area contributed by atoms with Gasteiger partial charge in [0.05, 0.1) is 12.2 Å². The van der Waals surface area contributed by atoms with E-state index in [9.17, 15) is 4.79 Å². The van der Waals surface area contributed by atoms with Gasteiger partial charge >= 0.3 is 0 Å². The number of rotatable bonds is 8. The van der Waals surface area contributed by atoms with E-state index in [2.05, 4.69) is 47.4 Å². The number of aromatic nitrogens is 1. The van der Waals surface area contributed by atoms with Gasteiger partial charge in [-0.25, -0.2) is 4.98 Å². The fourth-order valence-corrected chi connectivity index (χ4v) is 3.91. The van der Waals surface area contributed by atoms with Gasteiger partial charge < -0.3 is 9.64 Å². The fourth-order valence-electron chi connectivity index (χ4n) is 2.81. The van der Waals surface area contributed by atoms with Crippen molar-refractivity contribution in [2.24, 2.45) is 0 Å². The van der Waals surface area contributed by atoms with E-state index >= 15 is 0 Å². The third-order valence-corrected chi connectivity index (χ3v) is 5.87. The lowest BCUT2D eigenvalue weighted by molar-refractivity contribution is 0.0761. The number of thiazole rings is 1. The Hall–Kier alpha value is -2.44.